The van der Waals surface area contributed by atoms with Crippen molar-refractivity contribution in [2.45, 2.75) is 13.0 Å². The van der Waals surface area contributed by atoms with Crippen molar-refractivity contribution in [2.75, 3.05) is 11.9 Å². The predicted molar refractivity (Wildman–Crippen MR) is 79.8 cm³/mol. The van der Waals surface area contributed by atoms with E-state index in [0.29, 0.717) is 5.69 Å². The highest BCUT2D eigenvalue weighted by atomic mass is 16.2. The van der Waals surface area contributed by atoms with E-state index in [2.05, 4.69) is 0 Å². The summed E-state index contributed by atoms with van der Waals surface area (Å²) in [6.45, 7) is 1.88. The van der Waals surface area contributed by atoms with Crippen LogP contribution in [0.15, 0.2) is 36.4 Å². The maximum atomic E-state index is 12.9. The molecule has 3 aliphatic heterocycles. The number of benzene rings is 1. The molecule has 1 aromatic rings. The molecule has 0 aromatic heterocycles. The number of hydrogen-bond acceptors (Lipinski definition) is 3. The second-order valence-electron chi connectivity index (χ2n) is 6.20. The molecule has 1 aromatic carbocycles. The van der Waals surface area contributed by atoms with Gasteiger partial charge in [0.1, 0.15) is 0 Å². The number of anilines is 1. The minimum Gasteiger partial charge on any atom is -0.338 e. The van der Waals surface area contributed by atoms with Gasteiger partial charge in [0.05, 0.1) is 29.5 Å². The van der Waals surface area contributed by atoms with Crippen LogP contribution >= 0.6 is 0 Å². The number of likely N-dealkylation sites (N-methyl/N-ethyl adjacent to an activating group) is 1. The number of carbonyl (C=O) groups excluding carboxylic acids is 3. The van der Waals surface area contributed by atoms with Crippen LogP contribution in [0, 0.1) is 24.7 Å². The number of amides is 3. The smallest absolute Gasteiger partial charge is 0.240 e. The Hall–Kier alpha value is -2.43. The lowest BCUT2D eigenvalue weighted by molar-refractivity contribution is -0.148. The number of fused-ring (bicyclic) bond motifs is 1. The zero-order chi connectivity index (χ0) is 15.6. The molecule has 2 bridgehead atoms. The Morgan fingerprint density at radius 2 is 1.59 bits per heavy atom. The first-order valence-corrected chi connectivity index (χ1v) is 7.41. The molecule has 22 heavy (non-hydrogen) atoms. The molecule has 1 aliphatic carbocycles. The summed E-state index contributed by atoms with van der Waals surface area (Å²) < 4.78 is 0. The number of rotatable bonds is 1. The molecule has 0 radical (unpaired) electrons. The SMILES string of the molecule is Cc1ccccc1N1C(=O)[C@@H]2[C@@H](C1=O)[C@@H]1C=C[C@@H]2C(=O)N1C. The fourth-order valence-electron chi connectivity index (χ4n) is 3.96. The van der Waals surface area contributed by atoms with Crippen LogP contribution in [0.5, 0.6) is 0 Å². The van der Waals surface area contributed by atoms with Crippen molar-refractivity contribution in [1.29, 1.82) is 0 Å². The average Bonchev–Trinajstić information content (AvgIpc) is 2.78. The molecule has 3 heterocycles. The van der Waals surface area contributed by atoms with Crippen LogP contribution in [0.4, 0.5) is 5.69 Å². The second-order valence-corrected chi connectivity index (χ2v) is 6.20. The molecule has 4 aliphatic rings. The summed E-state index contributed by atoms with van der Waals surface area (Å²) in [5, 5.41) is 0. The van der Waals surface area contributed by atoms with Crippen molar-refractivity contribution in [3.05, 3.63) is 42.0 Å². The number of carbonyl (C=O) groups is 3. The molecule has 4 atom stereocenters. The van der Waals surface area contributed by atoms with Crippen LogP contribution in [0.25, 0.3) is 0 Å². The highest BCUT2D eigenvalue weighted by molar-refractivity contribution is 6.24. The third-order valence-corrected chi connectivity index (χ3v) is 5.10. The molecule has 5 nitrogen and oxygen atoms in total. The Morgan fingerprint density at radius 1 is 0.909 bits per heavy atom. The molecule has 2 saturated heterocycles. The molecular weight excluding hydrogens is 280 g/mol. The predicted octanol–water partition coefficient (Wildman–Crippen LogP) is 1.13. The van der Waals surface area contributed by atoms with Gasteiger partial charge in [-0.05, 0) is 18.6 Å². The van der Waals surface area contributed by atoms with Crippen LogP contribution < -0.4 is 4.90 Å². The lowest BCUT2D eigenvalue weighted by Gasteiger charge is -2.44. The fourth-order valence-corrected chi connectivity index (χ4v) is 3.96. The van der Waals surface area contributed by atoms with Crippen LogP contribution in [0.2, 0.25) is 0 Å². The third-order valence-electron chi connectivity index (χ3n) is 5.10. The van der Waals surface area contributed by atoms with Gasteiger partial charge in [0.15, 0.2) is 0 Å². The number of hydrogen-bond donors (Lipinski definition) is 0. The Morgan fingerprint density at radius 3 is 2.32 bits per heavy atom. The lowest BCUT2D eigenvalue weighted by atomic mass is 9.70. The van der Waals surface area contributed by atoms with Crippen molar-refractivity contribution < 1.29 is 14.4 Å². The van der Waals surface area contributed by atoms with E-state index in [1.807, 2.05) is 31.2 Å². The Balaban J connectivity index is 1.82. The van der Waals surface area contributed by atoms with E-state index in [1.54, 1.807) is 24.1 Å². The largest absolute Gasteiger partial charge is 0.338 e. The number of nitrogens with zero attached hydrogens (tertiary/aromatic N) is 2. The van der Waals surface area contributed by atoms with E-state index < -0.39 is 17.8 Å². The highest BCUT2D eigenvalue weighted by Gasteiger charge is 2.61. The highest BCUT2D eigenvalue weighted by Crippen LogP contribution is 2.46. The van der Waals surface area contributed by atoms with Gasteiger partial charge in [-0.3, -0.25) is 14.4 Å². The van der Waals surface area contributed by atoms with E-state index >= 15 is 0 Å². The summed E-state index contributed by atoms with van der Waals surface area (Å²) >= 11 is 0. The number of piperidine rings is 1. The molecule has 0 N–H and O–H groups in total. The first-order chi connectivity index (χ1) is 10.5. The van der Waals surface area contributed by atoms with Gasteiger partial charge in [-0.2, -0.15) is 0 Å². The van der Waals surface area contributed by atoms with Crippen LogP contribution in [0.1, 0.15) is 5.56 Å². The molecule has 0 saturated carbocycles. The van der Waals surface area contributed by atoms with Crippen molar-refractivity contribution in [2.24, 2.45) is 17.8 Å². The Kier molecular flexibility index (Phi) is 2.58. The van der Waals surface area contributed by atoms with E-state index in [0.717, 1.165) is 5.56 Å². The van der Waals surface area contributed by atoms with E-state index in [1.165, 1.54) is 4.90 Å². The summed E-state index contributed by atoms with van der Waals surface area (Å²) in [6, 6.07) is 7.03. The molecule has 2 fully saturated rings. The van der Waals surface area contributed by atoms with Gasteiger partial charge in [0, 0.05) is 7.05 Å². The monoisotopic (exact) mass is 296 g/mol. The summed E-state index contributed by atoms with van der Waals surface area (Å²) in [5.41, 5.74) is 1.50. The van der Waals surface area contributed by atoms with E-state index in [-0.39, 0.29) is 23.8 Å². The molecule has 0 spiro atoms. The van der Waals surface area contributed by atoms with Crippen LogP contribution in [-0.2, 0) is 14.4 Å². The molecular formula is C17H16N2O3. The Bertz CT molecular complexity index is 739. The summed E-state index contributed by atoms with van der Waals surface area (Å²) in [7, 11) is 1.70. The molecule has 5 heteroatoms. The first kappa shape index (κ1) is 13.2. The zero-order valence-electron chi connectivity index (χ0n) is 12.4. The maximum absolute atomic E-state index is 12.9. The van der Waals surface area contributed by atoms with Gasteiger partial charge < -0.3 is 4.90 Å². The standard InChI is InChI=1S/C17H16N2O3/c1-9-5-3-4-6-11(9)19-16(21)13-10-7-8-12(14(13)17(19)22)18(2)15(10)20/h3-8,10,12-14H,1-2H3/t10-,12-,13-,14-/m0/s1. The first-order valence-electron chi connectivity index (χ1n) is 7.41. The average molecular weight is 296 g/mol. The molecule has 112 valence electrons. The fraction of sp³-hybridized carbons (Fsp3) is 0.353. The number of imide groups is 1. The van der Waals surface area contributed by atoms with Gasteiger partial charge in [-0.1, -0.05) is 30.4 Å². The lowest BCUT2D eigenvalue weighted by Crippen LogP contribution is -2.57. The number of para-hydroxylation sites is 1. The van der Waals surface area contributed by atoms with Crippen LogP contribution in [-0.4, -0.2) is 35.7 Å². The molecule has 5 rings (SSSR count). The zero-order valence-corrected chi connectivity index (χ0v) is 12.4. The number of aryl methyl sites for hydroxylation is 1. The maximum Gasteiger partial charge on any atom is 0.240 e. The second kappa shape index (κ2) is 4.29. The minimum absolute atomic E-state index is 0.0680. The third kappa shape index (κ3) is 1.46. The van der Waals surface area contributed by atoms with Gasteiger partial charge in [0.2, 0.25) is 17.7 Å². The molecule has 3 amide bonds. The van der Waals surface area contributed by atoms with Gasteiger partial charge >= 0.3 is 0 Å². The van der Waals surface area contributed by atoms with Gasteiger partial charge in [-0.15, -0.1) is 0 Å². The van der Waals surface area contributed by atoms with Crippen molar-refractivity contribution in [3.8, 4) is 0 Å². The van der Waals surface area contributed by atoms with E-state index in [9.17, 15) is 14.4 Å². The summed E-state index contributed by atoms with van der Waals surface area (Å²) in [6.07, 6.45) is 3.68. The van der Waals surface area contributed by atoms with Crippen molar-refractivity contribution >= 4 is 23.4 Å². The Labute approximate surface area is 128 Å². The van der Waals surface area contributed by atoms with Crippen molar-refractivity contribution in [3.63, 3.8) is 0 Å². The normalized spacial score (nSPS) is 32.9. The quantitative estimate of drug-likeness (QED) is 0.576. The van der Waals surface area contributed by atoms with Gasteiger partial charge in [-0.25, -0.2) is 4.90 Å². The molecule has 0 unspecified atom stereocenters. The summed E-state index contributed by atoms with van der Waals surface area (Å²) in [4.78, 5) is 40.9. The minimum atomic E-state index is -0.550. The topological polar surface area (TPSA) is 57.7 Å². The van der Waals surface area contributed by atoms with Crippen molar-refractivity contribution in [1.82, 2.24) is 4.90 Å². The summed E-state index contributed by atoms with van der Waals surface area (Å²) in [5.74, 6) is -2.02. The van der Waals surface area contributed by atoms with Crippen LogP contribution in [0.3, 0.4) is 0 Å². The van der Waals surface area contributed by atoms with E-state index in [4.69, 9.17) is 0 Å². The van der Waals surface area contributed by atoms with Gasteiger partial charge in [0.25, 0.3) is 0 Å².